The van der Waals surface area contributed by atoms with Gasteiger partial charge in [-0.05, 0) is 31.7 Å². The van der Waals surface area contributed by atoms with Crippen LogP contribution in [0.5, 0.6) is 0 Å². The molecule has 1 aliphatic carbocycles. The Morgan fingerprint density at radius 3 is 2.70 bits per heavy atom. The molecule has 27 heavy (non-hydrogen) atoms. The third-order valence-corrected chi connectivity index (χ3v) is 4.81. The van der Waals surface area contributed by atoms with Crippen LogP contribution in [0.3, 0.4) is 0 Å². The molecule has 3 rings (SSSR count). The minimum absolute atomic E-state index is 0.0286. The number of carbonyl (C=O) groups excluding carboxylic acids is 1. The Bertz CT molecular complexity index is 751. The third kappa shape index (κ3) is 4.77. The maximum atomic E-state index is 12.2. The van der Waals surface area contributed by atoms with Crippen molar-refractivity contribution < 1.29 is 9.72 Å². The van der Waals surface area contributed by atoms with E-state index in [1.807, 2.05) is 0 Å². The van der Waals surface area contributed by atoms with E-state index in [1.165, 1.54) is 17.3 Å². The summed E-state index contributed by atoms with van der Waals surface area (Å²) >= 11 is 0. The van der Waals surface area contributed by atoms with Crippen molar-refractivity contribution in [2.45, 2.75) is 50.2 Å². The fourth-order valence-electron chi connectivity index (χ4n) is 3.30. The van der Waals surface area contributed by atoms with Crippen molar-refractivity contribution in [3.63, 3.8) is 0 Å². The molecule has 2 aliphatic rings. The van der Waals surface area contributed by atoms with Gasteiger partial charge in [-0.1, -0.05) is 0 Å². The van der Waals surface area contributed by atoms with Crippen LogP contribution in [0.15, 0.2) is 23.4 Å². The molecule has 10 heteroatoms. The largest absolute Gasteiger partial charge is 0.367 e. The lowest BCUT2D eigenvalue weighted by Gasteiger charge is -2.30. The number of nitrogens with zero attached hydrogens (tertiary/aromatic N) is 5. The number of hydrazone groups is 1. The molecule has 1 atom stereocenters. The molecule has 2 N–H and O–H groups in total. The lowest BCUT2D eigenvalue weighted by Crippen LogP contribution is -2.43. The molecule has 1 saturated carbocycles. The highest BCUT2D eigenvalue weighted by atomic mass is 16.6. The van der Waals surface area contributed by atoms with Crippen LogP contribution >= 0.6 is 0 Å². The Kier molecular flexibility index (Phi) is 5.93. The zero-order valence-corrected chi connectivity index (χ0v) is 14.7. The molecule has 142 valence electrons. The smallest absolute Gasteiger partial charge is 0.287 e. The lowest BCUT2D eigenvalue weighted by molar-refractivity contribution is -0.385. The molecule has 2 heterocycles. The average molecular weight is 371 g/mol. The fraction of sp³-hybridized carbons (Fsp3) is 0.529. The number of nitro groups is 1. The summed E-state index contributed by atoms with van der Waals surface area (Å²) < 4.78 is 0. The molecule has 1 aromatic rings. The quantitative estimate of drug-likeness (QED) is 0.570. The van der Waals surface area contributed by atoms with Gasteiger partial charge in [-0.3, -0.25) is 14.9 Å². The van der Waals surface area contributed by atoms with Crippen LogP contribution in [-0.2, 0) is 4.79 Å². The van der Waals surface area contributed by atoms with Gasteiger partial charge in [-0.15, -0.1) is 0 Å². The molecular formula is C17H21N7O3. The van der Waals surface area contributed by atoms with Crippen molar-refractivity contribution >= 4 is 23.6 Å². The van der Waals surface area contributed by atoms with Crippen molar-refractivity contribution in [2.24, 2.45) is 5.10 Å². The summed E-state index contributed by atoms with van der Waals surface area (Å²) in [6.07, 6.45) is 6.95. The van der Waals surface area contributed by atoms with Gasteiger partial charge in [0, 0.05) is 30.8 Å². The van der Waals surface area contributed by atoms with Crippen LogP contribution in [0.4, 0.5) is 11.5 Å². The number of nitriles is 1. The van der Waals surface area contributed by atoms with Gasteiger partial charge in [0.15, 0.2) is 0 Å². The highest BCUT2D eigenvalue weighted by Crippen LogP contribution is 2.22. The van der Waals surface area contributed by atoms with E-state index in [1.54, 1.807) is 12.3 Å². The first-order valence-electron chi connectivity index (χ1n) is 8.91. The summed E-state index contributed by atoms with van der Waals surface area (Å²) in [6, 6.07) is 5.12. The van der Waals surface area contributed by atoms with E-state index < -0.39 is 11.0 Å². The molecule has 0 saturated heterocycles. The Morgan fingerprint density at radius 1 is 1.33 bits per heavy atom. The Balaban J connectivity index is 1.40. The van der Waals surface area contributed by atoms with E-state index in [0.29, 0.717) is 12.2 Å². The number of anilines is 1. The van der Waals surface area contributed by atoms with Gasteiger partial charge < -0.3 is 10.6 Å². The van der Waals surface area contributed by atoms with Gasteiger partial charge >= 0.3 is 0 Å². The van der Waals surface area contributed by atoms with E-state index in [2.05, 4.69) is 26.8 Å². The summed E-state index contributed by atoms with van der Waals surface area (Å²) in [7, 11) is 0. The summed E-state index contributed by atoms with van der Waals surface area (Å²) in [5.41, 5.74) is -0.0286. The number of carbonyl (C=O) groups is 1. The van der Waals surface area contributed by atoms with E-state index in [9.17, 15) is 14.9 Å². The molecule has 0 bridgehead atoms. The van der Waals surface area contributed by atoms with Crippen molar-refractivity contribution in [2.75, 3.05) is 11.9 Å². The summed E-state index contributed by atoms with van der Waals surface area (Å²) in [5, 5.41) is 31.4. The second-order valence-corrected chi connectivity index (χ2v) is 6.65. The molecule has 1 fully saturated rings. The molecule has 1 aliphatic heterocycles. The molecule has 0 spiro atoms. The highest BCUT2D eigenvalue weighted by molar-refractivity contribution is 5.81. The first kappa shape index (κ1) is 18.7. The molecule has 1 aromatic heterocycles. The number of amides is 1. The van der Waals surface area contributed by atoms with Gasteiger partial charge in [0.05, 0.1) is 17.5 Å². The number of nitrogens with one attached hydrogen (secondary N) is 2. The number of rotatable bonds is 6. The van der Waals surface area contributed by atoms with E-state index in [-0.39, 0.29) is 30.2 Å². The van der Waals surface area contributed by atoms with Crippen LogP contribution in [0.2, 0.25) is 0 Å². The standard InChI is InChI=1S/C17H21N7O3/c18-9-14-7-8-21-23(14)17(25)11-19-12-1-3-13(4-2-12)22-16-6-5-15(10-20-16)24(26)27/h5-6,8,10,12-14,19H,1-4,7,11H2,(H,20,22). The van der Waals surface area contributed by atoms with Crippen molar-refractivity contribution in [3.05, 3.63) is 28.4 Å². The van der Waals surface area contributed by atoms with Crippen molar-refractivity contribution in [1.29, 1.82) is 5.26 Å². The van der Waals surface area contributed by atoms with Crippen molar-refractivity contribution in [1.82, 2.24) is 15.3 Å². The zero-order chi connectivity index (χ0) is 19.2. The van der Waals surface area contributed by atoms with Gasteiger partial charge in [0.25, 0.3) is 11.6 Å². The van der Waals surface area contributed by atoms with Gasteiger partial charge in [0.1, 0.15) is 18.1 Å². The Labute approximate surface area is 156 Å². The minimum Gasteiger partial charge on any atom is -0.367 e. The van der Waals surface area contributed by atoms with Crippen LogP contribution in [0.1, 0.15) is 32.1 Å². The predicted octanol–water partition coefficient (Wildman–Crippen LogP) is 1.41. The Morgan fingerprint density at radius 2 is 2.07 bits per heavy atom. The zero-order valence-electron chi connectivity index (χ0n) is 14.7. The minimum atomic E-state index is -0.492. The SMILES string of the molecule is N#CC1CC=NN1C(=O)CNC1CCC(Nc2ccc([N+](=O)[O-])cn2)CC1. The molecular weight excluding hydrogens is 350 g/mol. The average Bonchev–Trinajstić information content (AvgIpc) is 3.16. The molecule has 10 nitrogen and oxygen atoms in total. The second-order valence-electron chi connectivity index (χ2n) is 6.65. The second kappa shape index (κ2) is 8.55. The molecule has 0 aromatic carbocycles. The molecule has 1 unspecified atom stereocenters. The maximum absolute atomic E-state index is 12.2. The Hall–Kier alpha value is -3.06. The first-order valence-corrected chi connectivity index (χ1v) is 8.91. The summed E-state index contributed by atoms with van der Waals surface area (Å²) in [6.45, 7) is 0.169. The van der Waals surface area contributed by atoms with E-state index in [0.717, 1.165) is 25.7 Å². The summed E-state index contributed by atoms with van der Waals surface area (Å²) in [5.74, 6) is 0.437. The third-order valence-electron chi connectivity index (χ3n) is 4.81. The predicted molar refractivity (Wildman–Crippen MR) is 97.9 cm³/mol. The first-order chi connectivity index (χ1) is 13.1. The van der Waals surface area contributed by atoms with Gasteiger partial charge in [0.2, 0.25) is 0 Å². The van der Waals surface area contributed by atoms with Crippen LogP contribution in [-0.4, -0.2) is 51.7 Å². The van der Waals surface area contributed by atoms with Gasteiger partial charge in [-0.25, -0.2) is 9.99 Å². The monoisotopic (exact) mass is 371 g/mol. The van der Waals surface area contributed by atoms with Gasteiger partial charge in [-0.2, -0.15) is 10.4 Å². The van der Waals surface area contributed by atoms with Crippen LogP contribution in [0, 0.1) is 21.4 Å². The van der Waals surface area contributed by atoms with E-state index >= 15 is 0 Å². The maximum Gasteiger partial charge on any atom is 0.287 e. The number of hydrogen-bond acceptors (Lipinski definition) is 8. The van der Waals surface area contributed by atoms with Crippen molar-refractivity contribution in [3.8, 4) is 6.07 Å². The normalized spacial score (nSPS) is 24.4. The number of pyridine rings is 1. The number of aromatic nitrogens is 1. The van der Waals surface area contributed by atoms with Crippen LogP contribution < -0.4 is 10.6 Å². The lowest BCUT2D eigenvalue weighted by atomic mass is 9.91. The molecule has 1 amide bonds. The topological polar surface area (TPSA) is 137 Å². The summed E-state index contributed by atoms with van der Waals surface area (Å²) in [4.78, 5) is 26.4. The molecule has 0 radical (unpaired) electrons. The number of hydrogen-bond donors (Lipinski definition) is 2. The van der Waals surface area contributed by atoms with E-state index in [4.69, 9.17) is 5.26 Å². The fourth-order valence-corrected chi connectivity index (χ4v) is 3.30. The van der Waals surface area contributed by atoms with Crippen LogP contribution in [0.25, 0.3) is 0 Å². The highest BCUT2D eigenvalue weighted by Gasteiger charge is 2.27.